The number of aromatic nitrogens is 2. The van der Waals surface area contributed by atoms with E-state index in [1.807, 2.05) is 9.47 Å². The monoisotopic (exact) mass is 363 g/mol. The first-order valence-corrected chi connectivity index (χ1v) is 8.94. The third-order valence-corrected chi connectivity index (χ3v) is 5.29. The Morgan fingerprint density at radius 1 is 1.19 bits per heavy atom. The van der Waals surface area contributed by atoms with Gasteiger partial charge < -0.3 is 9.47 Å². The van der Waals surface area contributed by atoms with Gasteiger partial charge in [-0.15, -0.1) is 0 Å². The maximum atomic E-state index is 13.0. The molecule has 0 N–H and O–H groups in total. The Morgan fingerprint density at radius 3 is 2.69 bits per heavy atom. The molecule has 7 heteroatoms. The number of aryl methyl sites for hydroxylation is 1. The van der Waals surface area contributed by atoms with E-state index in [-0.39, 0.29) is 11.8 Å². The van der Waals surface area contributed by atoms with Crippen LogP contribution in [-0.2, 0) is 19.1 Å². The van der Waals surface area contributed by atoms with Gasteiger partial charge in [0.25, 0.3) is 5.91 Å². The van der Waals surface area contributed by atoms with Crippen LogP contribution < -0.4 is 0 Å². The summed E-state index contributed by atoms with van der Waals surface area (Å²) in [6.45, 7) is 2.10. The van der Waals surface area contributed by atoms with Gasteiger partial charge in [-0.3, -0.25) is 4.79 Å². The predicted octanol–water partition coefficient (Wildman–Crippen LogP) is 3.87. The summed E-state index contributed by atoms with van der Waals surface area (Å²) in [5.41, 5.74) is 0.523. The van der Waals surface area contributed by atoms with Gasteiger partial charge in [0.1, 0.15) is 11.5 Å². The molecule has 1 amide bonds. The van der Waals surface area contributed by atoms with E-state index in [0.29, 0.717) is 24.2 Å². The molecule has 2 aliphatic rings. The molecule has 4 rings (SSSR count). The molecule has 0 unspecified atom stereocenters. The molecule has 2 aliphatic heterocycles. The van der Waals surface area contributed by atoms with Crippen molar-refractivity contribution < 1.29 is 18.0 Å². The first-order chi connectivity index (χ1) is 12.4. The molecule has 138 valence electrons. The molecule has 1 fully saturated rings. The van der Waals surface area contributed by atoms with Gasteiger partial charge in [-0.25, -0.2) is 4.98 Å². The summed E-state index contributed by atoms with van der Waals surface area (Å²) in [6, 6.07) is 5.55. The van der Waals surface area contributed by atoms with Crippen LogP contribution in [0.25, 0.3) is 0 Å². The fraction of sp³-hybridized carbons (Fsp3) is 0.474. The SMILES string of the molecule is O=C(c1cn2c(n1)CC[C@@H](c1cccc(C(F)(F)F)c1)C2)N1CCCC1. The second kappa shape index (κ2) is 6.45. The highest BCUT2D eigenvalue weighted by atomic mass is 19.4. The first kappa shape index (κ1) is 17.1. The molecular weight excluding hydrogens is 343 g/mol. The Bertz CT molecular complexity index is 822. The van der Waals surface area contributed by atoms with E-state index >= 15 is 0 Å². The van der Waals surface area contributed by atoms with Crippen molar-refractivity contribution in [2.75, 3.05) is 13.1 Å². The minimum atomic E-state index is -4.33. The normalized spacial score (nSPS) is 20.3. The van der Waals surface area contributed by atoms with E-state index in [0.717, 1.165) is 44.2 Å². The second-order valence-corrected chi connectivity index (χ2v) is 7.05. The Labute approximate surface area is 149 Å². The van der Waals surface area contributed by atoms with Crippen molar-refractivity contribution in [1.29, 1.82) is 0 Å². The highest BCUT2D eigenvalue weighted by Gasteiger charge is 2.32. The second-order valence-electron chi connectivity index (χ2n) is 7.05. The summed E-state index contributed by atoms with van der Waals surface area (Å²) < 4.78 is 40.8. The Balaban J connectivity index is 1.54. The number of rotatable bonds is 2. The van der Waals surface area contributed by atoms with Gasteiger partial charge in [0, 0.05) is 38.2 Å². The molecule has 3 heterocycles. The van der Waals surface area contributed by atoms with E-state index < -0.39 is 11.7 Å². The fourth-order valence-corrected chi connectivity index (χ4v) is 3.87. The van der Waals surface area contributed by atoms with Crippen molar-refractivity contribution in [3.8, 4) is 0 Å². The molecule has 0 saturated carbocycles. The molecule has 1 saturated heterocycles. The smallest absolute Gasteiger partial charge is 0.337 e. The zero-order chi connectivity index (χ0) is 18.3. The molecule has 1 atom stereocenters. The molecule has 4 nitrogen and oxygen atoms in total. The molecule has 26 heavy (non-hydrogen) atoms. The minimum Gasteiger partial charge on any atom is -0.337 e. The van der Waals surface area contributed by atoms with Gasteiger partial charge in [0.2, 0.25) is 0 Å². The van der Waals surface area contributed by atoms with Crippen LogP contribution in [0.1, 0.15) is 52.6 Å². The Kier molecular flexibility index (Phi) is 4.25. The third-order valence-electron chi connectivity index (χ3n) is 5.29. The van der Waals surface area contributed by atoms with Crippen LogP contribution in [0.15, 0.2) is 30.5 Å². The van der Waals surface area contributed by atoms with Crippen LogP contribution in [0.5, 0.6) is 0 Å². The first-order valence-electron chi connectivity index (χ1n) is 8.94. The largest absolute Gasteiger partial charge is 0.416 e. The van der Waals surface area contributed by atoms with Crippen LogP contribution in [0.3, 0.4) is 0 Å². The molecular formula is C19H20F3N3O. The standard InChI is InChI=1S/C19H20F3N3O/c20-19(21,22)15-5-3-4-13(10-15)14-6-7-17-23-16(12-25(17)11-14)18(26)24-8-1-2-9-24/h3-5,10,12,14H,1-2,6-9,11H2/t14-/m1/s1. The van der Waals surface area contributed by atoms with E-state index in [1.165, 1.54) is 12.1 Å². The summed E-state index contributed by atoms with van der Waals surface area (Å²) in [4.78, 5) is 18.8. The number of halogens is 3. The zero-order valence-corrected chi connectivity index (χ0v) is 14.3. The summed E-state index contributed by atoms with van der Waals surface area (Å²) in [7, 11) is 0. The maximum Gasteiger partial charge on any atom is 0.416 e. The molecule has 0 bridgehead atoms. The van der Waals surface area contributed by atoms with E-state index in [2.05, 4.69) is 4.98 Å². The average Bonchev–Trinajstić information content (AvgIpc) is 3.29. The van der Waals surface area contributed by atoms with Crippen molar-refractivity contribution in [2.24, 2.45) is 0 Å². The lowest BCUT2D eigenvalue weighted by Crippen LogP contribution is -2.27. The number of nitrogens with zero attached hydrogens (tertiary/aromatic N) is 3. The summed E-state index contributed by atoms with van der Waals surface area (Å²) in [5, 5.41) is 0. The highest BCUT2D eigenvalue weighted by Crippen LogP contribution is 2.34. The molecule has 1 aromatic carbocycles. The van der Waals surface area contributed by atoms with Crippen LogP contribution in [0.2, 0.25) is 0 Å². The van der Waals surface area contributed by atoms with Crippen molar-refractivity contribution in [2.45, 2.75) is 44.3 Å². The van der Waals surface area contributed by atoms with Crippen LogP contribution >= 0.6 is 0 Å². The van der Waals surface area contributed by atoms with Gasteiger partial charge in [-0.2, -0.15) is 13.2 Å². The van der Waals surface area contributed by atoms with Gasteiger partial charge in [-0.1, -0.05) is 18.2 Å². The van der Waals surface area contributed by atoms with Gasteiger partial charge in [0.15, 0.2) is 0 Å². The van der Waals surface area contributed by atoms with Crippen molar-refractivity contribution >= 4 is 5.91 Å². The van der Waals surface area contributed by atoms with Gasteiger partial charge in [-0.05, 0) is 30.9 Å². The highest BCUT2D eigenvalue weighted by molar-refractivity contribution is 5.92. The number of hydrogen-bond donors (Lipinski definition) is 0. The van der Waals surface area contributed by atoms with Crippen molar-refractivity contribution in [3.05, 3.63) is 53.1 Å². The topological polar surface area (TPSA) is 38.1 Å². The number of imidazole rings is 1. The van der Waals surface area contributed by atoms with E-state index in [4.69, 9.17) is 0 Å². The number of carbonyl (C=O) groups is 1. The van der Waals surface area contributed by atoms with Crippen molar-refractivity contribution in [3.63, 3.8) is 0 Å². The number of likely N-dealkylation sites (tertiary alicyclic amines) is 1. The molecule has 1 aromatic heterocycles. The quantitative estimate of drug-likeness (QED) is 0.812. The number of benzene rings is 1. The lowest BCUT2D eigenvalue weighted by Gasteiger charge is -2.24. The van der Waals surface area contributed by atoms with Crippen LogP contribution in [0, 0.1) is 0 Å². The van der Waals surface area contributed by atoms with E-state index in [9.17, 15) is 18.0 Å². The van der Waals surface area contributed by atoms with Crippen LogP contribution in [0.4, 0.5) is 13.2 Å². The number of alkyl halides is 3. The third kappa shape index (κ3) is 3.22. The Hall–Kier alpha value is -2.31. The molecule has 2 aromatic rings. The van der Waals surface area contributed by atoms with Crippen LogP contribution in [-0.4, -0.2) is 33.4 Å². The Morgan fingerprint density at radius 2 is 1.96 bits per heavy atom. The average molecular weight is 363 g/mol. The van der Waals surface area contributed by atoms with Gasteiger partial charge in [0.05, 0.1) is 5.56 Å². The molecule has 0 spiro atoms. The lowest BCUT2D eigenvalue weighted by atomic mass is 9.90. The van der Waals surface area contributed by atoms with E-state index in [1.54, 1.807) is 12.3 Å². The summed E-state index contributed by atoms with van der Waals surface area (Å²) in [6.07, 6.45) is 0.869. The van der Waals surface area contributed by atoms with Gasteiger partial charge >= 0.3 is 6.18 Å². The molecule has 0 aliphatic carbocycles. The summed E-state index contributed by atoms with van der Waals surface area (Å²) in [5.74, 6) is 0.796. The predicted molar refractivity (Wildman–Crippen MR) is 89.9 cm³/mol. The number of fused-ring (bicyclic) bond motifs is 1. The fourth-order valence-electron chi connectivity index (χ4n) is 3.87. The van der Waals surface area contributed by atoms with Crippen molar-refractivity contribution in [1.82, 2.24) is 14.5 Å². The maximum absolute atomic E-state index is 13.0. The minimum absolute atomic E-state index is 0.00580. The number of amides is 1. The number of carbonyl (C=O) groups excluding carboxylic acids is 1. The zero-order valence-electron chi connectivity index (χ0n) is 14.3. The lowest BCUT2D eigenvalue weighted by molar-refractivity contribution is -0.137. The number of hydrogen-bond acceptors (Lipinski definition) is 2. The summed E-state index contributed by atoms with van der Waals surface area (Å²) >= 11 is 0. The molecule has 0 radical (unpaired) electrons.